The van der Waals surface area contributed by atoms with Crippen molar-refractivity contribution >= 4 is 9.52 Å². The van der Waals surface area contributed by atoms with Crippen LogP contribution >= 0.6 is 0 Å². The van der Waals surface area contributed by atoms with Crippen LogP contribution in [0.3, 0.4) is 0 Å². The Balaban J connectivity index is 0.0000001000. The van der Waals surface area contributed by atoms with Crippen LogP contribution in [0.5, 0.6) is 0 Å². The van der Waals surface area contributed by atoms with Crippen molar-refractivity contribution < 1.29 is 4.42 Å². The number of rotatable bonds is 0. The molecule has 0 atom stereocenters. The Morgan fingerprint density at radius 1 is 1.20 bits per heavy atom. The van der Waals surface area contributed by atoms with Crippen molar-refractivity contribution in [2.24, 2.45) is 0 Å². The maximum absolute atomic E-state index is 4.47. The summed E-state index contributed by atoms with van der Waals surface area (Å²) in [6, 6.07) is 0. The lowest BCUT2D eigenvalue weighted by Crippen LogP contribution is -1.63. The van der Waals surface area contributed by atoms with Crippen LogP contribution in [0.25, 0.3) is 0 Å². The Morgan fingerprint density at radius 2 is 2.00 bits per heavy atom. The SMILES string of the molecule is C1=C[SiH2]C=C1.c1cocn1. The fourth-order valence-corrected chi connectivity index (χ4v) is 1.35. The molecule has 2 heterocycles. The Labute approximate surface area is 62.1 Å². The quantitative estimate of drug-likeness (QED) is 0.514. The Morgan fingerprint density at radius 3 is 2.20 bits per heavy atom. The van der Waals surface area contributed by atoms with E-state index in [9.17, 15) is 0 Å². The molecule has 0 saturated carbocycles. The van der Waals surface area contributed by atoms with Gasteiger partial charge < -0.3 is 4.42 Å². The average Bonchev–Trinajstić information content (AvgIpc) is 2.67. The molecule has 0 bridgehead atoms. The van der Waals surface area contributed by atoms with E-state index < -0.39 is 0 Å². The largest absolute Gasteiger partial charge is 0.452 e. The zero-order chi connectivity index (χ0) is 7.07. The molecule has 2 nitrogen and oxygen atoms in total. The van der Waals surface area contributed by atoms with Crippen molar-refractivity contribution in [1.29, 1.82) is 0 Å². The molecule has 0 aliphatic carbocycles. The lowest BCUT2D eigenvalue weighted by Gasteiger charge is -1.54. The van der Waals surface area contributed by atoms with Gasteiger partial charge in [0.15, 0.2) is 6.39 Å². The summed E-state index contributed by atoms with van der Waals surface area (Å²) in [5.41, 5.74) is 4.53. The molecule has 0 spiro atoms. The third-order valence-corrected chi connectivity index (χ3v) is 2.09. The molecule has 3 heteroatoms. The fraction of sp³-hybridized carbons (Fsp3) is 0. The molecule has 1 aromatic heterocycles. The van der Waals surface area contributed by atoms with E-state index in [0.717, 1.165) is 0 Å². The van der Waals surface area contributed by atoms with Crippen LogP contribution in [0, 0.1) is 0 Å². The fourth-order valence-electron chi connectivity index (χ4n) is 0.569. The van der Waals surface area contributed by atoms with Crippen LogP contribution in [-0.2, 0) is 0 Å². The minimum absolute atomic E-state index is 0.182. The Bertz CT molecular complexity index is 176. The van der Waals surface area contributed by atoms with Gasteiger partial charge in [0.25, 0.3) is 0 Å². The summed E-state index contributed by atoms with van der Waals surface area (Å²) in [6.07, 6.45) is 8.71. The van der Waals surface area contributed by atoms with Crippen LogP contribution in [0.15, 0.2) is 46.8 Å². The van der Waals surface area contributed by atoms with Crippen molar-refractivity contribution in [1.82, 2.24) is 4.98 Å². The first-order chi connectivity index (χ1) is 5.00. The maximum Gasteiger partial charge on any atom is 0.180 e. The van der Waals surface area contributed by atoms with E-state index in [0.29, 0.717) is 0 Å². The summed E-state index contributed by atoms with van der Waals surface area (Å²) in [5, 5.41) is 0. The van der Waals surface area contributed by atoms with Crippen molar-refractivity contribution in [2.45, 2.75) is 0 Å². The van der Waals surface area contributed by atoms with E-state index in [4.69, 9.17) is 0 Å². The topological polar surface area (TPSA) is 26.0 Å². The highest BCUT2D eigenvalue weighted by Gasteiger charge is 1.73. The number of allylic oxidation sites excluding steroid dienone is 2. The predicted octanol–water partition coefficient (Wildman–Crippen LogP) is 0.871. The molecule has 1 aliphatic heterocycles. The van der Waals surface area contributed by atoms with Crippen molar-refractivity contribution in [3.8, 4) is 0 Å². The first-order valence-corrected chi connectivity index (χ1v) is 4.77. The smallest absolute Gasteiger partial charge is 0.180 e. The highest BCUT2D eigenvalue weighted by atomic mass is 28.2. The van der Waals surface area contributed by atoms with Gasteiger partial charge >= 0.3 is 0 Å². The minimum Gasteiger partial charge on any atom is -0.452 e. The summed E-state index contributed by atoms with van der Waals surface area (Å²) in [7, 11) is 0.182. The highest BCUT2D eigenvalue weighted by molar-refractivity contribution is 6.49. The molecular weight excluding hydrogens is 142 g/mol. The van der Waals surface area contributed by atoms with Crippen molar-refractivity contribution in [3.63, 3.8) is 0 Å². The van der Waals surface area contributed by atoms with Crippen molar-refractivity contribution in [2.75, 3.05) is 0 Å². The van der Waals surface area contributed by atoms with E-state index in [1.54, 1.807) is 6.20 Å². The molecule has 0 unspecified atom stereocenters. The molecule has 52 valence electrons. The van der Waals surface area contributed by atoms with Gasteiger partial charge in [0.1, 0.15) is 6.26 Å². The number of nitrogens with zero attached hydrogens (tertiary/aromatic N) is 1. The molecule has 0 fully saturated rings. The monoisotopic (exact) mass is 151 g/mol. The second-order valence-electron chi connectivity index (χ2n) is 1.77. The minimum atomic E-state index is 0.182. The zero-order valence-corrected chi connectivity index (χ0v) is 7.02. The van der Waals surface area contributed by atoms with Crippen molar-refractivity contribution in [3.05, 3.63) is 42.4 Å². The lowest BCUT2D eigenvalue weighted by molar-refractivity contribution is 0.558. The summed E-state index contributed by atoms with van der Waals surface area (Å²) in [6.45, 7) is 0. The van der Waals surface area contributed by atoms with Gasteiger partial charge in [-0.2, -0.15) is 0 Å². The average molecular weight is 151 g/mol. The standard InChI is InChI=1S/C4H6Si.C3H3NO/c1-2-4-5-3-1;1-2-5-3-4-1/h1-4H,5H2;1-3H. The summed E-state index contributed by atoms with van der Waals surface area (Å²) < 4.78 is 4.47. The van der Waals surface area contributed by atoms with Gasteiger partial charge in [-0.3, -0.25) is 0 Å². The van der Waals surface area contributed by atoms with Gasteiger partial charge in [-0.1, -0.05) is 23.6 Å². The Kier molecular flexibility index (Phi) is 3.34. The summed E-state index contributed by atoms with van der Waals surface area (Å²) >= 11 is 0. The molecule has 0 N–H and O–H groups in total. The molecule has 0 aromatic carbocycles. The van der Waals surface area contributed by atoms with Crippen LogP contribution < -0.4 is 0 Å². The molecule has 0 saturated heterocycles. The molecule has 0 radical (unpaired) electrons. The van der Waals surface area contributed by atoms with E-state index in [1.807, 2.05) is 0 Å². The number of hydrogen-bond acceptors (Lipinski definition) is 2. The van der Waals surface area contributed by atoms with Gasteiger partial charge in [0, 0.05) is 0 Å². The number of hydrogen-bond donors (Lipinski definition) is 0. The van der Waals surface area contributed by atoms with Gasteiger partial charge in [0.2, 0.25) is 0 Å². The van der Waals surface area contributed by atoms with Crippen LogP contribution in [0.2, 0.25) is 0 Å². The van der Waals surface area contributed by atoms with Crippen LogP contribution in [-0.4, -0.2) is 14.5 Å². The van der Waals surface area contributed by atoms with Crippen LogP contribution in [0.4, 0.5) is 0 Å². The third kappa shape index (κ3) is 3.04. The molecule has 1 aromatic rings. The molecule has 2 rings (SSSR count). The maximum atomic E-state index is 4.47. The predicted molar refractivity (Wildman–Crippen MR) is 43.3 cm³/mol. The van der Waals surface area contributed by atoms with Gasteiger partial charge in [-0.25, -0.2) is 4.98 Å². The summed E-state index contributed by atoms with van der Waals surface area (Å²) in [4.78, 5) is 3.56. The second kappa shape index (κ2) is 4.75. The van der Waals surface area contributed by atoms with Gasteiger partial charge in [-0.05, 0) is 0 Å². The first-order valence-electron chi connectivity index (χ1n) is 3.14. The second-order valence-corrected chi connectivity index (χ2v) is 3.18. The van der Waals surface area contributed by atoms with Gasteiger partial charge in [-0.15, -0.1) is 0 Å². The third-order valence-electron chi connectivity index (χ3n) is 1.00. The van der Waals surface area contributed by atoms with E-state index in [-0.39, 0.29) is 9.52 Å². The zero-order valence-electron chi connectivity index (χ0n) is 5.60. The highest BCUT2D eigenvalue weighted by Crippen LogP contribution is 1.82. The van der Waals surface area contributed by atoms with E-state index in [2.05, 4.69) is 33.0 Å². The molecule has 10 heavy (non-hydrogen) atoms. The summed E-state index contributed by atoms with van der Waals surface area (Å²) in [5.74, 6) is 0. The molecule has 0 amide bonds. The normalized spacial score (nSPS) is 12.8. The van der Waals surface area contributed by atoms with E-state index in [1.165, 1.54) is 12.7 Å². The lowest BCUT2D eigenvalue weighted by atomic mass is 10.6. The van der Waals surface area contributed by atoms with Crippen LogP contribution in [0.1, 0.15) is 0 Å². The van der Waals surface area contributed by atoms with E-state index >= 15 is 0 Å². The molecule has 1 aliphatic rings. The number of aromatic nitrogens is 1. The van der Waals surface area contributed by atoms with Gasteiger partial charge in [0.05, 0.1) is 15.7 Å². The Hall–Kier alpha value is -1.09. The first kappa shape index (κ1) is 7.02. The number of oxazole rings is 1. The molecular formula is C7H9NOSi.